The van der Waals surface area contributed by atoms with Crippen LogP contribution in [0.3, 0.4) is 0 Å². The smallest absolute Gasteiger partial charge is 0.211 e. The van der Waals surface area contributed by atoms with E-state index in [1.807, 2.05) is 11.8 Å². The van der Waals surface area contributed by atoms with Crippen molar-refractivity contribution in [1.29, 1.82) is 0 Å². The molecule has 3 aromatic rings. The minimum absolute atomic E-state index is 0.0504. The lowest BCUT2D eigenvalue weighted by Crippen LogP contribution is -2.46. The van der Waals surface area contributed by atoms with Gasteiger partial charge in [-0.3, -0.25) is 4.79 Å². The maximum absolute atomic E-state index is 15.2. The number of hydrogen-bond donors (Lipinski definition) is 0. The molecule has 0 bridgehead atoms. The SMILES string of the molecule is CCCCn1cc(S(=O)(=O)c2ccccc2)c(=O)c2cc(F)c(N3CCN(CC)CC3)cc21. The molecule has 33 heavy (non-hydrogen) atoms. The van der Waals surface area contributed by atoms with E-state index in [0.717, 1.165) is 32.5 Å². The highest BCUT2D eigenvalue weighted by atomic mass is 32.2. The summed E-state index contributed by atoms with van der Waals surface area (Å²) in [6.45, 7) is 8.77. The van der Waals surface area contributed by atoms with E-state index in [0.29, 0.717) is 30.8 Å². The van der Waals surface area contributed by atoms with Gasteiger partial charge in [-0.2, -0.15) is 0 Å². The molecule has 0 unspecified atom stereocenters. The van der Waals surface area contributed by atoms with Crippen molar-refractivity contribution in [2.45, 2.75) is 43.0 Å². The Morgan fingerprint density at radius 1 is 1.00 bits per heavy atom. The van der Waals surface area contributed by atoms with E-state index in [9.17, 15) is 13.2 Å². The first-order valence-corrected chi connectivity index (χ1v) is 13.0. The molecular weight excluding hydrogens is 441 g/mol. The molecule has 1 aliphatic rings. The summed E-state index contributed by atoms with van der Waals surface area (Å²) in [6, 6.07) is 10.8. The number of aryl methyl sites for hydroxylation is 1. The molecule has 2 heterocycles. The van der Waals surface area contributed by atoms with Gasteiger partial charge in [-0.25, -0.2) is 12.8 Å². The summed E-state index contributed by atoms with van der Waals surface area (Å²) in [6.07, 6.45) is 3.14. The molecule has 1 aliphatic heterocycles. The second kappa shape index (κ2) is 9.65. The average Bonchev–Trinajstić information content (AvgIpc) is 2.84. The number of halogens is 1. The van der Waals surface area contributed by atoms with Crippen LogP contribution >= 0.6 is 0 Å². The van der Waals surface area contributed by atoms with Gasteiger partial charge in [-0.05, 0) is 37.2 Å². The maximum atomic E-state index is 15.2. The highest BCUT2D eigenvalue weighted by molar-refractivity contribution is 7.91. The lowest BCUT2D eigenvalue weighted by Gasteiger charge is -2.35. The monoisotopic (exact) mass is 471 g/mol. The Hall–Kier alpha value is -2.71. The van der Waals surface area contributed by atoms with Gasteiger partial charge in [0.15, 0.2) is 0 Å². The third kappa shape index (κ3) is 4.54. The lowest BCUT2D eigenvalue weighted by atomic mass is 10.1. The van der Waals surface area contributed by atoms with Crippen LogP contribution in [0.15, 0.2) is 63.2 Å². The summed E-state index contributed by atoms with van der Waals surface area (Å²) >= 11 is 0. The van der Waals surface area contributed by atoms with Crippen molar-refractivity contribution < 1.29 is 12.8 Å². The standard InChI is InChI=1S/C25H30FN3O3S/c1-3-5-11-29-18-24(33(31,32)19-9-7-6-8-10-19)25(30)20-16-21(26)23(17-22(20)29)28-14-12-27(4-2)13-15-28/h6-10,16-18H,3-5,11-15H2,1-2H3. The normalized spacial score (nSPS) is 15.3. The highest BCUT2D eigenvalue weighted by Crippen LogP contribution is 2.28. The fourth-order valence-corrected chi connectivity index (χ4v) is 5.74. The van der Waals surface area contributed by atoms with Gasteiger partial charge in [0.2, 0.25) is 15.3 Å². The number of fused-ring (bicyclic) bond motifs is 1. The fraction of sp³-hybridized carbons (Fsp3) is 0.400. The average molecular weight is 472 g/mol. The van der Waals surface area contributed by atoms with E-state index in [-0.39, 0.29) is 15.2 Å². The minimum Gasteiger partial charge on any atom is -0.367 e. The lowest BCUT2D eigenvalue weighted by molar-refractivity contribution is 0.270. The van der Waals surface area contributed by atoms with Crippen molar-refractivity contribution >= 4 is 26.4 Å². The van der Waals surface area contributed by atoms with Crippen molar-refractivity contribution in [3.05, 3.63) is 64.7 Å². The zero-order valence-electron chi connectivity index (χ0n) is 19.1. The van der Waals surface area contributed by atoms with Crippen molar-refractivity contribution in [3.63, 3.8) is 0 Å². The van der Waals surface area contributed by atoms with Gasteiger partial charge in [-0.1, -0.05) is 38.5 Å². The first kappa shape index (κ1) is 23.4. The van der Waals surface area contributed by atoms with Crippen LogP contribution < -0.4 is 10.3 Å². The molecule has 0 aliphatic carbocycles. The van der Waals surface area contributed by atoms with Gasteiger partial charge >= 0.3 is 0 Å². The number of likely N-dealkylation sites (N-methyl/N-ethyl adjacent to an activating group) is 1. The summed E-state index contributed by atoms with van der Waals surface area (Å²) in [5.74, 6) is -0.499. The Morgan fingerprint density at radius 3 is 2.33 bits per heavy atom. The van der Waals surface area contributed by atoms with Gasteiger partial charge in [0.05, 0.1) is 21.5 Å². The zero-order valence-corrected chi connectivity index (χ0v) is 19.9. The van der Waals surface area contributed by atoms with Gasteiger partial charge in [0, 0.05) is 38.9 Å². The molecule has 1 aromatic heterocycles. The summed E-state index contributed by atoms with van der Waals surface area (Å²) < 4.78 is 43.6. The van der Waals surface area contributed by atoms with Crippen LogP contribution in [-0.2, 0) is 16.4 Å². The molecule has 0 N–H and O–H groups in total. The van der Waals surface area contributed by atoms with Crippen LogP contribution in [-0.4, -0.2) is 50.6 Å². The zero-order chi connectivity index (χ0) is 23.6. The van der Waals surface area contributed by atoms with Crippen LogP contribution in [0.1, 0.15) is 26.7 Å². The number of anilines is 1. The van der Waals surface area contributed by atoms with Crippen LogP contribution in [0, 0.1) is 5.82 Å². The molecule has 8 heteroatoms. The van der Waals surface area contributed by atoms with Gasteiger partial charge in [-0.15, -0.1) is 0 Å². The Balaban J connectivity index is 1.87. The Labute approximate surface area is 194 Å². The van der Waals surface area contributed by atoms with Crippen molar-refractivity contribution in [2.24, 2.45) is 0 Å². The minimum atomic E-state index is -4.03. The number of hydrogen-bond acceptors (Lipinski definition) is 5. The first-order chi connectivity index (χ1) is 15.9. The van der Waals surface area contributed by atoms with Crippen molar-refractivity contribution in [1.82, 2.24) is 9.47 Å². The topological polar surface area (TPSA) is 62.6 Å². The number of nitrogens with zero attached hydrogens (tertiary/aromatic N) is 3. The number of unbranched alkanes of at least 4 members (excludes halogenated alkanes) is 1. The molecule has 1 fully saturated rings. The van der Waals surface area contributed by atoms with Crippen LogP contribution in [0.4, 0.5) is 10.1 Å². The third-order valence-corrected chi connectivity index (χ3v) is 8.13. The number of rotatable bonds is 7. The molecule has 2 aromatic carbocycles. The molecule has 4 rings (SSSR count). The third-order valence-electron chi connectivity index (χ3n) is 6.37. The number of aromatic nitrogens is 1. The molecular formula is C25H30FN3O3S. The molecule has 6 nitrogen and oxygen atoms in total. The van der Waals surface area contributed by atoms with E-state index in [2.05, 4.69) is 11.8 Å². The molecule has 0 radical (unpaired) electrons. The second-order valence-corrected chi connectivity index (χ2v) is 10.3. The Bertz CT molecular complexity index is 1300. The quantitative estimate of drug-likeness (QED) is 0.523. The van der Waals surface area contributed by atoms with Crippen LogP contribution in [0.5, 0.6) is 0 Å². The van der Waals surface area contributed by atoms with Gasteiger partial charge < -0.3 is 14.4 Å². The van der Waals surface area contributed by atoms with E-state index in [1.165, 1.54) is 24.4 Å². The van der Waals surface area contributed by atoms with Crippen LogP contribution in [0.25, 0.3) is 10.9 Å². The van der Waals surface area contributed by atoms with Crippen molar-refractivity contribution in [3.8, 4) is 0 Å². The van der Waals surface area contributed by atoms with Crippen molar-refractivity contribution in [2.75, 3.05) is 37.6 Å². The predicted octanol–water partition coefficient (Wildman–Crippen LogP) is 3.92. The molecule has 0 atom stereocenters. The number of pyridine rings is 1. The van der Waals surface area contributed by atoms with Crippen LogP contribution in [0.2, 0.25) is 0 Å². The molecule has 0 spiro atoms. The number of piperazine rings is 1. The second-order valence-electron chi connectivity index (χ2n) is 8.43. The summed E-state index contributed by atoms with van der Waals surface area (Å²) in [4.78, 5) is 17.4. The van der Waals surface area contributed by atoms with Gasteiger partial charge in [0.1, 0.15) is 10.7 Å². The Kier molecular flexibility index (Phi) is 6.86. The largest absolute Gasteiger partial charge is 0.367 e. The highest BCUT2D eigenvalue weighted by Gasteiger charge is 2.26. The molecule has 176 valence electrons. The fourth-order valence-electron chi connectivity index (χ4n) is 4.35. The molecule has 0 amide bonds. The first-order valence-electron chi connectivity index (χ1n) is 11.5. The summed E-state index contributed by atoms with van der Waals surface area (Å²) in [7, 11) is -4.03. The summed E-state index contributed by atoms with van der Waals surface area (Å²) in [5, 5.41) is 0.0940. The van der Waals surface area contributed by atoms with E-state index >= 15 is 4.39 Å². The van der Waals surface area contributed by atoms with E-state index < -0.39 is 21.1 Å². The van der Waals surface area contributed by atoms with E-state index in [1.54, 1.807) is 28.8 Å². The maximum Gasteiger partial charge on any atom is 0.211 e. The molecule has 1 saturated heterocycles. The Morgan fingerprint density at radius 2 is 1.70 bits per heavy atom. The number of benzene rings is 2. The van der Waals surface area contributed by atoms with Gasteiger partial charge in [0.25, 0.3) is 0 Å². The number of sulfone groups is 1. The predicted molar refractivity (Wildman–Crippen MR) is 129 cm³/mol. The molecule has 0 saturated carbocycles. The van der Waals surface area contributed by atoms with E-state index in [4.69, 9.17) is 0 Å². The summed E-state index contributed by atoms with van der Waals surface area (Å²) in [5.41, 5.74) is 0.360.